The third kappa shape index (κ3) is 4.19. The van der Waals surface area contributed by atoms with Crippen molar-refractivity contribution in [1.82, 2.24) is 4.98 Å². The number of hydrogen-bond donors (Lipinski definition) is 2. The summed E-state index contributed by atoms with van der Waals surface area (Å²) in [4.78, 5) is 29.5. The topological polar surface area (TPSA) is 71.1 Å². The number of aromatic nitrogens is 1. The van der Waals surface area contributed by atoms with E-state index in [4.69, 9.17) is 0 Å². The Morgan fingerprint density at radius 3 is 2.31 bits per heavy atom. The van der Waals surface area contributed by atoms with Crippen LogP contribution in [0.25, 0.3) is 0 Å². The van der Waals surface area contributed by atoms with Gasteiger partial charge in [-0.05, 0) is 61.1 Å². The molecule has 0 spiro atoms. The normalized spacial score (nSPS) is 14.1. The third-order valence-corrected chi connectivity index (χ3v) is 5.45. The lowest BCUT2D eigenvalue weighted by Crippen LogP contribution is -2.16. The standard InChI is InChI=1S/C24H23N3O2/c1-16-21(27-22(28)17-7-4-3-5-8-17)14-20(15-25-16)26-23(29)18-9-6-10-19(13-18)24(2)11-12-24/h3-10,13-15H,11-12H2,1-2H3,(H,26,29)(H,27,28). The quantitative estimate of drug-likeness (QED) is 0.653. The monoisotopic (exact) mass is 385 g/mol. The maximum absolute atomic E-state index is 12.7. The highest BCUT2D eigenvalue weighted by atomic mass is 16.2. The number of benzene rings is 2. The van der Waals surface area contributed by atoms with Crippen molar-refractivity contribution in [2.45, 2.75) is 32.1 Å². The zero-order valence-electron chi connectivity index (χ0n) is 16.5. The number of aryl methyl sites for hydroxylation is 1. The summed E-state index contributed by atoms with van der Waals surface area (Å²) in [5.74, 6) is -0.411. The predicted molar refractivity (Wildman–Crippen MR) is 114 cm³/mol. The summed E-state index contributed by atoms with van der Waals surface area (Å²) in [6, 6.07) is 18.5. The Kier molecular flexibility index (Phi) is 4.89. The third-order valence-electron chi connectivity index (χ3n) is 5.45. The smallest absolute Gasteiger partial charge is 0.255 e. The van der Waals surface area contributed by atoms with Gasteiger partial charge in [-0.25, -0.2) is 0 Å². The molecule has 0 radical (unpaired) electrons. The molecule has 29 heavy (non-hydrogen) atoms. The zero-order valence-corrected chi connectivity index (χ0v) is 16.5. The highest BCUT2D eigenvalue weighted by molar-refractivity contribution is 6.06. The summed E-state index contributed by atoms with van der Waals surface area (Å²) in [5.41, 5.74) is 4.36. The minimum atomic E-state index is -0.218. The minimum absolute atomic E-state index is 0.193. The van der Waals surface area contributed by atoms with Crippen molar-refractivity contribution in [3.8, 4) is 0 Å². The average molecular weight is 385 g/mol. The fraction of sp³-hybridized carbons (Fsp3) is 0.208. The summed E-state index contributed by atoms with van der Waals surface area (Å²) in [6.07, 6.45) is 3.91. The van der Waals surface area contributed by atoms with Crippen LogP contribution >= 0.6 is 0 Å². The maximum atomic E-state index is 12.7. The van der Waals surface area contributed by atoms with E-state index in [1.165, 1.54) is 5.56 Å². The highest BCUT2D eigenvalue weighted by Crippen LogP contribution is 2.47. The number of nitrogens with zero attached hydrogens (tertiary/aromatic N) is 1. The van der Waals surface area contributed by atoms with Crippen molar-refractivity contribution in [3.63, 3.8) is 0 Å². The number of anilines is 2. The highest BCUT2D eigenvalue weighted by Gasteiger charge is 2.39. The molecular weight excluding hydrogens is 362 g/mol. The predicted octanol–water partition coefficient (Wildman–Crippen LogP) is 4.95. The van der Waals surface area contributed by atoms with Gasteiger partial charge in [-0.2, -0.15) is 0 Å². The van der Waals surface area contributed by atoms with Crippen LogP contribution in [0.5, 0.6) is 0 Å². The van der Waals surface area contributed by atoms with Crippen LogP contribution in [0.3, 0.4) is 0 Å². The van der Waals surface area contributed by atoms with Gasteiger partial charge in [0.15, 0.2) is 0 Å². The summed E-state index contributed by atoms with van der Waals surface area (Å²) in [6.45, 7) is 4.03. The van der Waals surface area contributed by atoms with Gasteiger partial charge < -0.3 is 10.6 Å². The lowest BCUT2D eigenvalue weighted by molar-refractivity contribution is 0.101. The van der Waals surface area contributed by atoms with Crippen molar-refractivity contribution in [2.24, 2.45) is 0 Å². The SMILES string of the molecule is Cc1ncc(NC(=O)c2cccc(C3(C)CC3)c2)cc1NC(=O)c1ccccc1. The molecule has 5 heteroatoms. The van der Waals surface area contributed by atoms with E-state index in [0.29, 0.717) is 28.2 Å². The van der Waals surface area contributed by atoms with Crippen molar-refractivity contribution in [1.29, 1.82) is 0 Å². The molecule has 0 unspecified atom stereocenters. The minimum Gasteiger partial charge on any atom is -0.321 e. The molecule has 1 fully saturated rings. The van der Waals surface area contributed by atoms with Crippen LogP contribution in [0.1, 0.15) is 51.7 Å². The van der Waals surface area contributed by atoms with Crippen LogP contribution in [0, 0.1) is 6.92 Å². The molecule has 2 N–H and O–H groups in total. The number of carbonyl (C=O) groups is 2. The summed E-state index contributed by atoms with van der Waals surface area (Å²) < 4.78 is 0. The van der Waals surface area contributed by atoms with Crippen molar-refractivity contribution >= 4 is 23.2 Å². The first-order valence-corrected chi connectivity index (χ1v) is 9.70. The van der Waals surface area contributed by atoms with E-state index in [2.05, 4.69) is 28.6 Å². The first-order valence-electron chi connectivity index (χ1n) is 9.70. The second-order valence-electron chi connectivity index (χ2n) is 7.77. The molecule has 1 aliphatic rings. The molecule has 1 aliphatic carbocycles. The Bertz CT molecular complexity index is 1070. The molecule has 0 atom stereocenters. The van der Waals surface area contributed by atoms with Crippen LogP contribution in [0.4, 0.5) is 11.4 Å². The largest absolute Gasteiger partial charge is 0.321 e. The van der Waals surface area contributed by atoms with Crippen LogP contribution in [0.15, 0.2) is 66.9 Å². The van der Waals surface area contributed by atoms with Gasteiger partial charge in [-0.15, -0.1) is 0 Å². The first-order chi connectivity index (χ1) is 13.9. The van der Waals surface area contributed by atoms with Crippen molar-refractivity contribution in [3.05, 3.63) is 89.2 Å². The van der Waals surface area contributed by atoms with Gasteiger partial charge in [0.25, 0.3) is 11.8 Å². The van der Waals surface area contributed by atoms with E-state index in [1.54, 1.807) is 24.4 Å². The summed E-state index contributed by atoms with van der Waals surface area (Å²) in [7, 11) is 0. The number of pyridine rings is 1. The Balaban J connectivity index is 1.50. The molecule has 5 nitrogen and oxygen atoms in total. The molecular formula is C24H23N3O2. The number of amides is 2. The molecule has 1 heterocycles. The molecule has 4 rings (SSSR count). The van der Waals surface area contributed by atoms with Crippen LogP contribution < -0.4 is 10.6 Å². The molecule has 1 saturated carbocycles. The molecule has 0 saturated heterocycles. The Labute approximate surface area is 170 Å². The van der Waals surface area contributed by atoms with E-state index < -0.39 is 0 Å². The first kappa shape index (κ1) is 18.9. The van der Waals surface area contributed by atoms with E-state index in [-0.39, 0.29) is 17.2 Å². The maximum Gasteiger partial charge on any atom is 0.255 e. The number of hydrogen-bond acceptors (Lipinski definition) is 3. The van der Waals surface area contributed by atoms with Gasteiger partial charge in [0.2, 0.25) is 0 Å². The van der Waals surface area contributed by atoms with Gasteiger partial charge >= 0.3 is 0 Å². The number of carbonyl (C=O) groups excluding carboxylic acids is 2. The van der Waals surface area contributed by atoms with E-state index in [9.17, 15) is 9.59 Å². The van der Waals surface area contributed by atoms with Crippen LogP contribution in [-0.2, 0) is 5.41 Å². The van der Waals surface area contributed by atoms with Crippen molar-refractivity contribution in [2.75, 3.05) is 10.6 Å². The fourth-order valence-electron chi connectivity index (χ4n) is 3.23. The Morgan fingerprint density at radius 2 is 1.59 bits per heavy atom. The average Bonchev–Trinajstić information content (AvgIpc) is 3.50. The Hall–Kier alpha value is -3.47. The van der Waals surface area contributed by atoms with Crippen molar-refractivity contribution < 1.29 is 9.59 Å². The molecule has 3 aromatic rings. The summed E-state index contributed by atoms with van der Waals surface area (Å²) in [5, 5.41) is 5.75. The second-order valence-corrected chi connectivity index (χ2v) is 7.77. The van der Waals surface area contributed by atoms with E-state index in [0.717, 1.165) is 12.8 Å². The molecule has 2 amide bonds. The summed E-state index contributed by atoms with van der Waals surface area (Å²) >= 11 is 0. The van der Waals surface area contributed by atoms with Crippen LogP contribution in [0.2, 0.25) is 0 Å². The van der Waals surface area contributed by atoms with Gasteiger partial charge in [-0.1, -0.05) is 37.3 Å². The molecule has 0 bridgehead atoms. The molecule has 1 aromatic heterocycles. The second kappa shape index (κ2) is 7.51. The van der Waals surface area contributed by atoms with Gasteiger partial charge in [0.05, 0.1) is 23.3 Å². The van der Waals surface area contributed by atoms with Gasteiger partial charge in [0.1, 0.15) is 0 Å². The van der Waals surface area contributed by atoms with Crippen LogP contribution in [-0.4, -0.2) is 16.8 Å². The van der Waals surface area contributed by atoms with E-state index >= 15 is 0 Å². The zero-order chi connectivity index (χ0) is 20.4. The lowest BCUT2D eigenvalue weighted by atomic mass is 9.96. The van der Waals surface area contributed by atoms with Gasteiger partial charge in [0, 0.05) is 11.1 Å². The van der Waals surface area contributed by atoms with E-state index in [1.807, 2.05) is 43.3 Å². The Morgan fingerprint density at radius 1 is 0.897 bits per heavy atom. The fourth-order valence-corrected chi connectivity index (χ4v) is 3.23. The van der Waals surface area contributed by atoms with Gasteiger partial charge in [-0.3, -0.25) is 14.6 Å². The number of nitrogens with one attached hydrogen (secondary N) is 2. The lowest BCUT2D eigenvalue weighted by Gasteiger charge is -2.13. The molecule has 146 valence electrons. The molecule has 2 aromatic carbocycles. The number of rotatable bonds is 5. The molecule has 0 aliphatic heterocycles.